The summed E-state index contributed by atoms with van der Waals surface area (Å²) in [4.78, 5) is 18.7. The van der Waals surface area contributed by atoms with Crippen LogP contribution in [-0.2, 0) is 25.0 Å². The van der Waals surface area contributed by atoms with Crippen LogP contribution in [0, 0.1) is 0 Å². The highest BCUT2D eigenvalue weighted by atomic mass is 16.1. The minimum Gasteiger partial charge on any atom is -0.364 e. The molecule has 5 heteroatoms. The second kappa shape index (κ2) is 5.81. The predicted octanol–water partition coefficient (Wildman–Crippen LogP) is 2.30. The molecule has 1 amide bonds. The van der Waals surface area contributed by atoms with Crippen molar-refractivity contribution in [2.75, 3.05) is 6.54 Å². The highest BCUT2D eigenvalue weighted by Gasteiger charge is 2.31. The van der Waals surface area contributed by atoms with Gasteiger partial charge in [0.2, 0.25) is 0 Å². The molecule has 0 saturated carbocycles. The van der Waals surface area contributed by atoms with Gasteiger partial charge in [0, 0.05) is 31.6 Å². The number of nitrogens with two attached hydrogens (primary N) is 1. The first kappa shape index (κ1) is 15.7. The number of primary amides is 1. The lowest BCUT2D eigenvalue weighted by molar-refractivity contribution is 0.0992. The second-order valence-corrected chi connectivity index (χ2v) is 7.19. The normalized spacial score (nSPS) is 15.4. The predicted molar refractivity (Wildman–Crippen MR) is 90.0 cm³/mol. The van der Waals surface area contributed by atoms with E-state index in [1.54, 1.807) is 0 Å². The van der Waals surface area contributed by atoms with Crippen molar-refractivity contribution in [3.8, 4) is 0 Å². The van der Waals surface area contributed by atoms with Crippen molar-refractivity contribution in [3.63, 3.8) is 0 Å². The maximum absolute atomic E-state index is 11.8. The number of fused-ring (bicyclic) bond motifs is 1. The Morgan fingerprint density at radius 3 is 2.52 bits per heavy atom. The van der Waals surface area contributed by atoms with Crippen molar-refractivity contribution < 1.29 is 4.79 Å². The van der Waals surface area contributed by atoms with Gasteiger partial charge in [-0.1, -0.05) is 51.1 Å². The molecule has 1 aromatic heterocycles. The van der Waals surface area contributed by atoms with Gasteiger partial charge in [-0.15, -0.1) is 0 Å². The third-order valence-electron chi connectivity index (χ3n) is 4.24. The Morgan fingerprint density at radius 1 is 1.22 bits per heavy atom. The van der Waals surface area contributed by atoms with Gasteiger partial charge in [-0.05, 0) is 5.56 Å². The fourth-order valence-corrected chi connectivity index (χ4v) is 3.17. The highest BCUT2D eigenvalue weighted by Crippen LogP contribution is 2.28. The van der Waals surface area contributed by atoms with E-state index >= 15 is 0 Å². The van der Waals surface area contributed by atoms with Crippen LogP contribution in [0.5, 0.6) is 0 Å². The molecular formula is C18H24N4O. The fraction of sp³-hybridized carbons (Fsp3) is 0.444. The van der Waals surface area contributed by atoms with Gasteiger partial charge in [-0.2, -0.15) is 0 Å². The van der Waals surface area contributed by atoms with Gasteiger partial charge >= 0.3 is 0 Å². The van der Waals surface area contributed by atoms with Crippen molar-refractivity contribution in [1.29, 1.82) is 0 Å². The summed E-state index contributed by atoms with van der Waals surface area (Å²) >= 11 is 0. The molecule has 2 aromatic rings. The Morgan fingerprint density at radius 2 is 1.91 bits per heavy atom. The first-order chi connectivity index (χ1) is 10.9. The number of benzene rings is 1. The lowest BCUT2D eigenvalue weighted by Crippen LogP contribution is -2.35. The third kappa shape index (κ3) is 3.15. The van der Waals surface area contributed by atoms with Crippen molar-refractivity contribution in [2.45, 2.75) is 45.8 Å². The molecule has 2 heterocycles. The van der Waals surface area contributed by atoms with Crippen LogP contribution in [0.2, 0.25) is 0 Å². The van der Waals surface area contributed by atoms with Gasteiger partial charge in [-0.3, -0.25) is 9.69 Å². The number of rotatable bonds is 3. The van der Waals surface area contributed by atoms with Crippen molar-refractivity contribution in [3.05, 3.63) is 53.1 Å². The molecule has 0 unspecified atom stereocenters. The van der Waals surface area contributed by atoms with Gasteiger partial charge in [-0.25, -0.2) is 4.98 Å². The molecule has 122 valence electrons. The molecule has 1 aliphatic rings. The summed E-state index contributed by atoms with van der Waals surface area (Å²) in [6.07, 6.45) is 0. The highest BCUT2D eigenvalue weighted by molar-refractivity contribution is 5.92. The quantitative estimate of drug-likeness (QED) is 0.946. The molecule has 0 atom stereocenters. The summed E-state index contributed by atoms with van der Waals surface area (Å²) in [6.45, 7) is 9.71. The summed E-state index contributed by atoms with van der Waals surface area (Å²) in [5.74, 6) is 0.506. The van der Waals surface area contributed by atoms with Crippen LogP contribution >= 0.6 is 0 Å². The molecule has 0 saturated heterocycles. The second-order valence-electron chi connectivity index (χ2n) is 7.19. The number of nitrogens with zero attached hydrogens (tertiary/aromatic N) is 3. The van der Waals surface area contributed by atoms with E-state index in [1.807, 2.05) is 6.07 Å². The number of imidazole rings is 1. The average Bonchev–Trinajstić information content (AvgIpc) is 2.87. The van der Waals surface area contributed by atoms with E-state index in [4.69, 9.17) is 5.73 Å². The Balaban J connectivity index is 1.90. The van der Waals surface area contributed by atoms with Crippen molar-refractivity contribution in [1.82, 2.24) is 14.5 Å². The summed E-state index contributed by atoms with van der Waals surface area (Å²) in [7, 11) is 0. The number of hydrogen-bond donors (Lipinski definition) is 1. The monoisotopic (exact) mass is 312 g/mol. The summed E-state index contributed by atoms with van der Waals surface area (Å²) in [5.41, 5.74) is 8.10. The Labute approximate surface area is 137 Å². The van der Waals surface area contributed by atoms with Crippen molar-refractivity contribution >= 4 is 5.91 Å². The van der Waals surface area contributed by atoms with Gasteiger partial charge in [0.1, 0.15) is 5.82 Å². The van der Waals surface area contributed by atoms with E-state index in [-0.39, 0.29) is 5.41 Å². The number of aromatic nitrogens is 2. The Hall–Kier alpha value is -2.14. The van der Waals surface area contributed by atoms with Gasteiger partial charge in [0.25, 0.3) is 5.91 Å². The molecule has 0 bridgehead atoms. The summed E-state index contributed by atoms with van der Waals surface area (Å²) < 4.78 is 2.18. The smallest absolute Gasteiger partial charge is 0.269 e. The first-order valence-corrected chi connectivity index (χ1v) is 8.02. The van der Waals surface area contributed by atoms with Crippen LogP contribution in [0.15, 0.2) is 30.3 Å². The number of amides is 1. The van der Waals surface area contributed by atoms with E-state index in [9.17, 15) is 4.79 Å². The molecule has 2 N–H and O–H groups in total. The minimum atomic E-state index is -0.439. The van der Waals surface area contributed by atoms with E-state index in [0.717, 1.165) is 31.2 Å². The molecule has 1 aliphatic heterocycles. The zero-order valence-corrected chi connectivity index (χ0v) is 14.0. The molecular weight excluding hydrogens is 288 g/mol. The average molecular weight is 312 g/mol. The molecule has 0 fully saturated rings. The lowest BCUT2D eigenvalue weighted by atomic mass is 9.95. The molecule has 5 nitrogen and oxygen atoms in total. The van der Waals surface area contributed by atoms with E-state index in [1.165, 1.54) is 5.56 Å². The van der Waals surface area contributed by atoms with Crippen LogP contribution in [0.3, 0.4) is 0 Å². The molecule has 23 heavy (non-hydrogen) atoms. The standard InChI is InChI=1S/C18H24N4O/c1-18(2,3)17-20-15(16(19)23)14-12-21(9-10-22(14)17)11-13-7-5-4-6-8-13/h4-8H,9-12H2,1-3H3,(H2,19,23). The van der Waals surface area contributed by atoms with Crippen LogP contribution in [0.4, 0.5) is 0 Å². The minimum absolute atomic E-state index is 0.107. The van der Waals surface area contributed by atoms with Gasteiger partial charge < -0.3 is 10.3 Å². The zero-order valence-electron chi connectivity index (χ0n) is 14.0. The number of hydrogen-bond acceptors (Lipinski definition) is 3. The van der Waals surface area contributed by atoms with E-state index in [0.29, 0.717) is 12.2 Å². The van der Waals surface area contributed by atoms with Crippen molar-refractivity contribution in [2.24, 2.45) is 5.73 Å². The summed E-state index contributed by atoms with van der Waals surface area (Å²) in [6, 6.07) is 10.4. The van der Waals surface area contributed by atoms with Crippen LogP contribution in [-0.4, -0.2) is 26.9 Å². The molecule has 0 aliphatic carbocycles. The van der Waals surface area contributed by atoms with Crippen LogP contribution in [0.25, 0.3) is 0 Å². The Bertz CT molecular complexity index is 713. The largest absolute Gasteiger partial charge is 0.364 e. The Kier molecular flexibility index (Phi) is 3.98. The maximum Gasteiger partial charge on any atom is 0.269 e. The van der Waals surface area contributed by atoms with E-state index in [2.05, 4.69) is 59.5 Å². The van der Waals surface area contributed by atoms with Crippen LogP contribution < -0.4 is 5.73 Å². The third-order valence-corrected chi connectivity index (χ3v) is 4.24. The van der Waals surface area contributed by atoms with E-state index < -0.39 is 5.91 Å². The SMILES string of the molecule is CC(C)(C)c1nc(C(N)=O)c2n1CCN(Cc1ccccc1)C2. The molecule has 1 aromatic carbocycles. The van der Waals surface area contributed by atoms with Gasteiger partial charge in [0.05, 0.1) is 5.69 Å². The zero-order chi connectivity index (χ0) is 16.6. The molecule has 0 radical (unpaired) electrons. The molecule has 0 spiro atoms. The van der Waals surface area contributed by atoms with Crippen LogP contribution in [0.1, 0.15) is 48.3 Å². The topological polar surface area (TPSA) is 64.1 Å². The number of carbonyl (C=O) groups is 1. The maximum atomic E-state index is 11.8. The lowest BCUT2D eigenvalue weighted by Gasteiger charge is -2.31. The summed E-state index contributed by atoms with van der Waals surface area (Å²) in [5, 5.41) is 0. The fourth-order valence-electron chi connectivity index (χ4n) is 3.17. The van der Waals surface area contributed by atoms with Gasteiger partial charge in [0.15, 0.2) is 5.69 Å². The first-order valence-electron chi connectivity index (χ1n) is 8.02. The molecule has 3 rings (SSSR count). The number of carbonyl (C=O) groups excluding carboxylic acids is 1.